The van der Waals surface area contributed by atoms with Gasteiger partial charge >= 0.3 is 6.18 Å². The number of carbonyl (C=O) groups is 1. The molecule has 0 radical (unpaired) electrons. The number of nitrogens with two attached hydrogens (primary N) is 1. The second kappa shape index (κ2) is 8.01. The Morgan fingerprint density at radius 1 is 0.970 bits per heavy atom. The monoisotopic (exact) mass is 460 g/mol. The molecule has 0 saturated heterocycles. The number of amides is 1. The summed E-state index contributed by atoms with van der Waals surface area (Å²) >= 11 is 0. The van der Waals surface area contributed by atoms with Gasteiger partial charge < -0.3 is 11.1 Å². The standard InChI is InChI=1S/C22H13F5N4O2/c23-11-3-1-5-13(7-11)29-18-10-17(32)19-15(22(25,26)27)9-16(20(28)33)30-21(19)31(18)14-6-2-4-12(24)8-14/h1-10,29H,(H2,28,33). The summed E-state index contributed by atoms with van der Waals surface area (Å²) in [6, 6.07) is 11.1. The highest BCUT2D eigenvalue weighted by atomic mass is 19.4. The minimum absolute atomic E-state index is 0.0128. The second-order valence-electron chi connectivity index (χ2n) is 6.96. The molecule has 0 spiro atoms. The smallest absolute Gasteiger partial charge is 0.364 e. The number of nitrogens with one attached hydrogen (secondary N) is 1. The fourth-order valence-corrected chi connectivity index (χ4v) is 3.34. The van der Waals surface area contributed by atoms with E-state index in [0.717, 1.165) is 28.8 Å². The first-order valence-electron chi connectivity index (χ1n) is 9.31. The number of rotatable bonds is 4. The van der Waals surface area contributed by atoms with Crippen LogP contribution in [0.1, 0.15) is 16.1 Å². The SMILES string of the molecule is NC(=O)c1cc(C(F)(F)F)c2c(=O)cc(Nc3cccc(F)c3)n(-c3cccc(F)c3)c2n1. The van der Waals surface area contributed by atoms with Crippen molar-refractivity contribution in [2.24, 2.45) is 5.73 Å². The molecule has 3 N–H and O–H groups in total. The molecule has 2 aromatic carbocycles. The Balaban J connectivity index is 2.15. The summed E-state index contributed by atoms with van der Waals surface area (Å²) in [5, 5.41) is 1.89. The van der Waals surface area contributed by atoms with E-state index in [4.69, 9.17) is 5.73 Å². The number of primary amides is 1. The lowest BCUT2D eigenvalue weighted by Crippen LogP contribution is -2.22. The Morgan fingerprint density at radius 3 is 2.24 bits per heavy atom. The third-order valence-corrected chi connectivity index (χ3v) is 4.69. The summed E-state index contributed by atoms with van der Waals surface area (Å²) in [7, 11) is 0. The van der Waals surface area contributed by atoms with E-state index in [9.17, 15) is 31.5 Å². The number of nitrogens with zero attached hydrogens (tertiary/aromatic N) is 2. The number of hydrogen-bond acceptors (Lipinski definition) is 4. The highest BCUT2D eigenvalue weighted by molar-refractivity contribution is 5.95. The molecule has 0 unspecified atom stereocenters. The predicted octanol–water partition coefficient (Wildman–Crippen LogP) is 4.53. The highest BCUT2D eigenvalue weighted by Crippen LogP contribution is 2.35. The van der Waals surface area contributed by atoms with E-state index in [1.54, 1.807) is 0 Å². The number of alkyl halides is 3. The maximum Gasteiger partial charge on any atom is 0.417 e. The maximum atomic E-state index is 14.0. The van der Waals surface area contributed by atoms with Gasteiger partial charge in [0.25, 0.3) is 5.91 Å². The van der Waals surface area contributed by atoms with E-state index in [1.807, 2.05) is 0 Å². The van der Waals surface area contributed by atoms with Gasteiger partial charge in [0.05, 0.1) is 16.6 Å². The number of fused-ring (bicyclic) bond motifs is 1. The average molecular weight is 460 g/mol. The normalized spacial score (nSPS) is 11.5. The lowest BCUT2D eigenvalue weighted by molar-refractivity contribution is -0.136. The van der Waals surface area contributed by atoms with Gasteiger partial charge in [0.2, 0.25) is 0 Å². The molecule has 0 aliphatic carbocycles. The molecule has 0 aliphatic heterocycles. The summed E-state index contributed by atoms with van der Waals surface area (Å²) in [4.78, 5) is 28.4. The lowest BCUT2D eigenvalue weighted by Gasteiger charge is -2.20. The van der Waals surface area contributed by atoms with E-state index in [1.165, 1.54) is 30.3 Å². The van der Waals surface area contributed by atoms with Crippen LogP contribution in [0.15, 0.2) is 65.5 Å². The summed E-state index contributed by atoms with van der Waals surface area (Å²) in [6.07, 6.45) is -5.03. The van der Waals surface area contributed by atoms with Gasteiger partial charge in [0.1, 0.15) is 23.1 Å². The lowest BCUT2D eigenvalue weighted by atomic mass is 10.1. The third kappa shape index (κ3) is 4.25. The van der Waals surface area contributed by atoms with Crippen LogP contribution in [0, 0.1) is 11.6 Å². The quantitative estimate of drug-likeness (QED) is 0.438. The van der Waals surface area contributed by atoms with Crippen LogP contribution in [-0.4, -0.2) is 15.5 Å². The molecule has 0 fully saturated rings. The number of aromatic nitrogens is 2. The van der Waals surface area contributed by atoms with Crippen LogP contribution in [0.3, 0.4) is 0 Å². The van der Waals surface area contributed by atoms with Gasteiger partial charge in [-0.25, -0.2) is 13.8 Å². The Kier molecular flexibility index (Phi) is 5.32. The predicted molar refractivity (Wildman–Crippen MR) is 111 cm³/mol. The van der Waals surface area contributed by atoms with Crippen molar-refractivity contribution in [1.82, 2.24) is 9.55 Å². The highest BCUT2D eigenvalue weighted by Gasteiger charge is 2.36. The van der Waals surface area contributed by atoms with Gasteiger partial charge in [-0.3, -0.25) is 14.2 Å². The topological polar surface area (TPSA) is 90.0 Å². The number of halogens is 5. The molecule has 0 aliphatic rings. The average Bonchev–Trinajstić information content (AvgIpc) is 2.72. The van der Waals surface area contributed by atoms with Crippen LogP contribution in [0.25, 0.3) is 16.7 Å². The van der Waals surface area contributed by atoms with Crippen molar-refractivity contribution in [3.63, 3.8) is 0 Å². The van der Waals surface area contributed by atoms with Gasteiger partial charge in [-0.05, 0) is 42.5 Å². The van der Waals surface area contributed by atoms with Gasteiger partial charge in [-0.1, -0.05) is 12.1 Å². The number of carbonyl (C=O) groups excluding carboxylic acids is 1. The fraction of sp³-hybridized carbons (Fsp3) is 0.0455. The van der Waals surface area contributed by atoms with Crippen LogP contribution in [0.5, 0.6) is 0 Å². The van der Waals surface area contributed by atoms with Gasteiger partial charge in [0, 0.05) is 11.8 Å². The van der Waals surface area contributed by atoms with E-state index < -0.39 is 51.4 Å². The molecule has 11 heteroatoms. The fourth-order valence-electron chi connectivity index (χ4n) is 3.34. The second-order valence-corrected chi connectivity index (χ2v) is 6.96. The van der Waals surface area contributed by atoms with E-state index in [0.29, 0.717) is 6.07 Å². The maximum absolute atomic E-state index is 14.0. The van der Waals surface area contributed by atoms with Crippen LogP contribution in [0.4, 0.5) is 33.5 Å². The molecule has 4 rings (SSSR count). The van der Waals surface area contributed by atoms with Crippen LogP contribution < -0.4 is 16.5 Å². The Bertz CT molecular complexity index is 1460. The van der Waals surface area contributed by atoms with E-state index >= 15 is 0 Å². The molecule has 0 bridgehead atoms. The zero-order valence-electron chi connectivity index (χ0n) is 16.5. The third-order valence-electron chi connectivity index (χ3n) is 4.69. The van der Waals surface area contributed by atoms with E-state index in [-0.39, 0.29) is 17.2 Å². The molecule has 0 saturated carbocycles. The number of pyridine rings is 2. The summed E-state index contributed by atoms with van der Waals surface area (Å²) < 4.78 is 70.0. The van der Waals surface area contributed by atoms with Crippen LogP contribution >= 0.6 is 0 Å². The van der Waals surface area contributed by atoms with Gasteiger partial charge in [0.15, 0.2) is 11.1 Å². The molecule has 2 heterocycles. The number of anilines is 2. The molecular formula is C22H13F5N4O2. The molecule has 1 amide bonds. The van der Waals surface area contributed by atoms with Gasteiger partial charge in [-0.15, -0.1) is 0 Å². The zero-order valence-corrected chi connectivity index (χ0v) is 16.5. The van der Waals surface area contributed by atoms with E-state index in [2.05, 4.69) is 10.3 Å². The molecule has 33 heavy (non-hydrogen) atoms. The zero-order chi connectivity index (χ0) is 23.9. The van der Waals surface area contributed by atoms with Crippen molar-refractivity contribution in [2.75, 3.05) is 5.32 Å². The van der Waals surface area contributed by atoms with Crippen molar-refractivity contribution in [2.45, 2.75) is 6.18 Å². The van der Waals surface area contributed by atoms with Crippen LogP contribution in [-0.2, 0) is 6.18 Å². The van der Waals surface area contributed by atoms with Crippen molar-refractivity contribution in [1.29, 1.82) is 0 Å². The minimum atomic E-state index is -5.03. The minimum Gasteiger partial charge on any atom is -0.364 e. The molecule has 6 nitrogen and oxygen atoms in total. The summed E-state index contributed by atoms with van der Waals surface area (Å²) in [6.45, 7) is 0. The molecule has 2 aromatic heterocycles. The largest absolute Gasteiger partial charge is 0.417 e. The molecule has 0 atom stereocenters. The van der Waals surface area contributed by atoms with Crippen molar-refractivity contribution >= 4 is 28.4 Å². The molecule has 4 aromatic rings. The summed E-state index contributed by atoms with van der Waals surface area (Å²) in [5.74, 6) is -2.75. The summed E-state index contributed by atoms with van der Waals surface area (Å²) in [5.41, 5.74) is 1.48. The Morgan fingerprint density at radius 2 is 1.64 bits per heavy atom. The van der Waals surface area contributed by atoms with Crippen molar-refractivity contribution < 1.29 is 26.7 Å². The first-order chi connectivity index (χ1) is 15.5. The number of benzene rings is 2. The van der Waals surface area contributed by atoms with Crippen molar-refractivity contribution in [3.05, 3.63) is 93.8 Å². The Labute approximate surface area is 182 Å². The van der Waals surface area contributed by atoms with Crippen molar-refractivity contribution in [3.8, 4) is 5.69 Å². The Hall–Kier alpha value is -4.28. The number of hydrogen-bond donors (Lipinski definition) is 2. The van der Waals surface area contributed by atoms with Gasteiger partial charge in [-0.2, -0.15) is 13.2 Å². The molecule has 168 valence electrons. The molecular weight excluding hydrogens is 447 g/mol. The first kappa shape index (κ1) is 21.9. The first-order valence-corrected chi connectivity index (χ1v) is 9.31. The van der Waals surface area contributed by atoms with Crippen LogP contribution in [0.2, 0.25) is 0 Å².